The summed E-state index contributed by atoms with van der Waals surface area (Å²) in [6.45, 7) is 3.09. The lowest BCUT2D eigenvalue weighted by atomic mass is 9.99. The first-order valence-corrected chi connectivity index (χ1v) is 7.19. The van der Waals surface area contributed by atoms with E-state index in [0.29, 0.717) is 17.8 Å². The minimum atomic E-state index is -0.177. The lowest BCUT2D eigenvalue weighted by Crippen LogP contribution is -2.41. The third-order valence-corrected chi connectivity index (χ3v) is 3.73. The predicted octanol–water partition coefficient (Wildman–Crippen LogP) is 2.15. The molecule has 0 spiro atoms. The van der Waals surface area contributed by atoms with Gasteiger partial charge < -0.3 is 10.2 Å². The number of carbonyl (C=O) groups is 2. The largest absolute Gasteiger partial charge is 0.342 e. The summed E-state index contributed by atoms with van der Waals surface area (Å²) in [6.07, 6.45) is 2.17. The van der Waals surface area contributed by atoms with Crippen LogP contribution in [0.25, 0.3) is 0 Å². The molecule has 1 fully saturated rings. The first kappa shape index (κ1) is 15.0. The van der Waals surface area contributed by atoms with Gasteiger partial charge in [0.15, 0.2) is 0 Å². The van der Waals surface area contributed by atoms with E-state index in [2.05, 4.69) is 5.32 Å². The Balaban J connectivity index is 1.88. The van der Waals surface area contributed by atoms with Crippen LogP contribution in [0.15, 0.2) is 24.3 Å². The number of para-hydroxylation sites is 1. The maximum absolute atomic E-state index is 12.0. The standard InChI is InChI=1S/C16H19N3O2/c1-12-5-4-9-19(16(12)21)10-8-15(20)18-14-7-3-2-6-13(14)11-17/h2-3,6-7,12H,4-5,8-10H2,1H3,(H,18,20). The molecule has 1 aliphatic heterocycles. The van der Waals surface area contributed by atoms with Crippen LogP contribution < -0.4 is 5.32 Å². The monoisotopic (exact) mass is 285 g/mol. The van der Waals surface area contributed by atoms with Crippen LogP contribution in [0.2, 0.25) is 0 Å². The summed E-state index contributed by atoms with van der Waals surface area (Å²) >= 11 is 0. The number of nitrogens with zero attached hydrogens (tertiary/aromatic N) is 2. The zero-order valence-corrected chi connectivity index (χ0v) is 12.1. The molecule has 1 unspecified atom stereocenters. The van der Waals surface area contributed by atoms with E-state index in [-0.39, 0.29) is 24.2 Å². The smallest absolute Gasteiger partial charge is 0.226 e. The van der Waals surface area contributed by atoms with E-state index < -0.39 is 0 Å². The highest BCUT2D eigenvalue weighted by molar-refractivity contribution is 5.92. The summed E-state index contributed by atoms with van der Waals surface area (Å²) in [5.74, 6) is 0.0105. The second-order valence-corrected chi connectivity index (χ2v) is 5.32. The van der Waals surface area contributed by atoms with Crippen LogP contribution in [-0.4, -0.2) is 29.8 Å². The number of hydrogen-bond donors (Lipinski definition) is 1. The molecule has 0 aliphatic carbocycles. The number of benzene rings is 1. The normalized spacial score (nSPS) is 18.2. The Kier molecular flexibility index (Phi) is 4.94. The van der Waals surface area contributed by atoms with Crippen molar-refractivity contribution in [1.29, 1.82) is 5.26 Å². The molecule has 2 amide bonds. The van der Waals surface area contributed by atoms with Gasteiger partial charge in [-0.3, -0.25) is 9.59 Å². The van der Waals surface area contributed by atoms with Gasteiger partial charge in [0.1, 0.15) is 6.07 Å². The van der Waals surface area contributed by atoms with Crippen molar-refractivity contribution in [2.24, 2.45) is 5.92 Å². The molecule has 1 N–H and O–H groups in total. The SMILES string of the molecule is CC1CCCN(CCC(=O)Nc2ccccc2C#N)C1=O. The Morgan fingerprint density at radius 3 is 3.00 bits per heavy atom. The molecular formula is C16H19N3O2. The van der Waals surface area contributed by atoms with Crippen LogP contribution in [0.1, 0.15) is 31.7 Å². The van der Waals surface area contributed by atoms with Crippen molar-refractivity contribution in [2.45, 2.75) is 26.2 Å². The number of piperidine rings is 1. The number of likely N-dealkylation sites (tertiary alicyclic amines) is 1. The molecule has 1 heterocycles. The van der Waals surface area contributed by atoms with Gasteiger partial charge in [0.05, 0.1) is 11.3 Å². The maximum Gasteiger partial charge on any atom is 0.226 e. The van der Waals surface area contributed by atoms with E-state index in [0.717, 1.165) is 19.4 Å². The zero-order chi connectivity index (χ0) is 15.2. The number of anilines is 1. The van der Waals surface area contributed by atoms with E-state index in [1.165, 1.54) is 0 Å². The van der Waals surface area contributed by atoms with Gasteiger partial charge >= 0.3 is 0 Å². The number of carbonyl (C=O) groups excluding carboxylic acids is 2. The Bertz CT molecular complexity index is 577. The lowest BCUT2D eigenvalue weighted by Gasteiger charge is -2.30. The van der Waals surface area contributed by atoms with Gasteiger partial charge in [-0.25, -0.2) is 0 Å². The summed E-state index contributed by atoms with van der Waals surface area (Å²) in [4.78, 5) is 25.7. The molecule has 0 aromatic heterocycles. The fourth-order valence-corrected chi connectivity index (χ4v) is 2.49. The van der Waals surface area contributed by atoms with Gasteiger partial charge in [-0.2, -0.15) is 5.26 Å². The van der Waals surface area contributed by atoms with Crippen molar-refractivity contribution in [3.05, 3.63) is 29.8 Å². The quantitative estimate of drug-likeness (QED) is 0.921. The maximum atomic E-state index is 12.0. The number of nitrogens with one attached hydrogen (secondary N) is 1. The first-order valence-electron chi connectivity index (χ1n) is 7.19. The molecule has 110 valence electrons. The fraction of sp³-hybridized carbons (Fsp3) is 0.438. The van der Waals surface area contributed by atoms with Crippen molar-refractivity contribution < 1.29 is 9.59 Å². The number of hydrogen-bond acceptors (Lipinski definition) is 3. The van der Waals surface area contributed by atoms with Gasteiger partial charge in [0.2, 0.25) is 11.8 Å². The molecule has 21 heavy (non-hydrogen) atoms. The minimum absolute atomic E-state index is 0.0566. The molecule has 1 aromatic carbocycles. The molecule has 1 saturated heterocycles. The van der Waals surface area contributed by atoms with Gasteiger partial charge in [-0.05, 0) is 25.0 Å². The van der Waals surface area contributed by atoms with E-state index in [1.807, 2.05) is 13.0 Å². The molecular weight excluding hydrogens is 266 g/mol. The molecule has 0 radical (unpaired) electrons. The number of amides is 2. The van der Waals surface area contributed by atoms with Crippen LogP contribution in [0.3, 0.4) is 0 Å². The van der Waals surface area contributed by atoms with Crippen LogP contribution in [-0.2, 0) is 9.59 Å². The third-order valence-electron chi connectivity index (χ3n) is 3.73. The summed E-state index contributed by atoms with van der Waals surface area (Å²) in [7, 11) is 0. The average molecular weight is 285 g/mol. The first-order chi connectivity index (χ1) is 10.1. The molecule has 5 nitrogen and oxygen atoms in total. The number of rotatable bonds is 4. The second-order valence-electron chi connectivity index (χ2n) is 5.32. The van der Waals surface area contributed by atoms with Crippen LogP contribution in [0, 0.1) is 17.2 Å². The van der Waals surface area contributed by atoms with Crippen LogP contribution in [0.5, 0.6) is 0 Å². The van der Waals surface area contributed by atoms with E-state index >= 15 is 0 Å². The van der Waals surface area contributed by atoms with Crippen molar-refractivity contribution in [1.82, 2.24) is 4.90 Å². The summed E-state index contributed by atoms with van der Waals surface area (Å²) in [5, 5.41) is 11.7. The van der Waals surface area contributed by atoms with Crippen LogP contribution in [0.4, 0.5) is 5.69 Å². The average Bonchev–Trinajstić information content (AvgIpc) is 2.49. The summed E-state index contributed by atoms with van der Waals surface area (Å²) < 4.78 is 0. The Morgan fingerprint density at radius 2 is 2.24 bits per heavy atom. The fourth-order valence-electron chi connectivity index (χ4n) is 2.49. The molecule has 5 heteroatoms. The van der Waals surface area contributed by atoms with Crippen molar-refractivity contribution in [2.75, 3.05) is 18.4 Å². The highest BCUT2D eigenvalue weighted by atomic mass is 16.2. The minimum Gasteiger partial charge on any atom is -0.342 e. The highest BCUT2D eigenvalue weighted by Gasteiger charge is 2.25. The van der Waals surface area contributed by atoms with Crippen molar-refractivity contribution in [3.63, 3.8) is 0 Å². The Morgan fingerprint density at radius 1 is 1.48 bits per heavy atom. The third kappa shape index (κ3) is 3.82. The van der Waals surface area contributed by atoms with Crippen molar-refractivity contribution in [3.8, 4) is 6.07 Å². The van der Waals surface area contributed by atoms with Crippen LogP contribution >= 0.6 is 0 Å². The van der Waals surface area contributed by atoms with Gasteiger partial charge in [0.25, 0.3) is 0 Å². The molecule has 0 bridgehead atoms. The van der Waals surface area contributed by atoms with E-state index in [4.69, 9.17) is 5.26 Å². The predicted molar refractivity (Wildman–Crippen MR) is 79.4 cm³/mol. The zero-order valence-electron chi connectivity index (χ0n) is 12.1. The Hall–Kier alpha value is -2.35. The summed E-state index contributed by atoms with van der Waals surface area (Å²) in [5.41, 5.74) is 0.955. The molecule has 1 aliphatic rings. The van der Waals surface area contributed by atoms with E-state index in [1.54, 1.807) is 29.2 Å². The molecule has 1 atom stereocenters. The Labute approximate surface area is 124 Å². The number of nitriles is 1. The molecule has 0 saturated carbocycles. The lowest BCUT2D eigenvalue weighted by molar-refractivity contribution is -0.138. The second kappa shape index (κ2) is 6.89. The van der Waals surface area contributed by atoms with Gasteiger partial charge in [-0.1, -0.05) is 19.1 Å². The molecule has 1 aromatic rings. The van der Waals surface area contributed by atoms with Gasteiger partial charge in [-0.15, -0.1) is 0 Å². The topological polar surface area (TPSA) is 73.2 Å². The van der Waals surface area contributed by atoms with Crippen molar-refractivity contribution >= 4 is 17.5 Å². The molecule has 2 rings (SSSR count). The summed E-state index contributed by atoms with van der Waals surface area (Å²) in [6, 6.07) is 8.92. The van der Waals surface area contributed by atoms with E-state index in [9.17, 15) is 9.59 Å². The highest BCUT2D eigenvalue weighted by Crippen LogP contribution is 2.18. The van der Waals surface area contributed by atoms with Gasteiger partial charge in [0, 0.05) is 25.4 Å².